The van der Waals surface area contributed by atoms with Crippen molar-refractivity contribution in [1.82, 2.24) is 24.0 Å². The zero-order chi connectivity index (χ0) is 23.0. The van der Waals surface area contributed by atoms with Crippen LogP contribution in [0.3, 0.4) is 0 Å². The van der Waals surface area contributed by atoms with Gasteiger partial charge >= 0.3 is 0 Å². The van der Waals surface area contributed by atoms with Crippen LogP contribution in [0.1, 0.15) is 31.7 Å². The van der Waals surface area contributed by atoms with Crippen molar-refractivity contribution < 1.29 is 13.2 Å². The van der Waals surface area contributed by atoms with Gasteiger partial charge in [0.2, 0.25) is 15.9 Å². The molecule has 0 unspecified atom stereocenters. The second-order valence-corrected chi connectivity index (χ2v) is 11.3. The Hall–Kier alpha value is -2.49. The number of piperazine rings is 1. The number of amides is 1. The third-order valence-electron chi connectivity index (χ3n) is 6.85. The van der Waals surface area contributed by atoms with E-state index in [9.17, 15) is 13.2 Å². The van der Waals surface area contributed by atoms with E-state index in [-0.39, 0.29) is 17.3 Å². The molecule has 1 saturated carbocycles. The maximum absolute atomic E-state index is 13.2. The molecule has 2 heterocycles. The second-order valence-electron chi connectivity index (χ2n) is 8.92. The highest BCUT2D eigenvalue weighted by atomic mass is 35.5. The SMILES string of the molecule is O=C1CN(S(=O)(=O)c2ccc3cc(Cl)ccc3c2)CCN1C[C@H]1CC[C@H](n2cnnc2)CC1. The number of rotatable bonds is 5. The number of halogens is 1. The summed E-state index contributed by atoms with van der Waals surface area (Å²) in [4.78, 5) is 14.9. The van der Waals surface area contributed by atoms with Crippen molar-refractivity contribution in [1.29, 1.82) is 0 Å². The molecule has 2 aliphatic rings. The molecule has 0 N–H and O–H groups in total. The average molecular weight is 488 g/mol. The number of hydrogen-bond acceptors (Lipinski definition) is 5. The Balaban J connectivity index is 1.20. The lowest BCUT2D eigenvalue weighted by molar-refractivity contribution is -0.134. The molecule has 8 nitrogen and oxygen atoms in total. The quantitative estimate of drug-likeness (QED) is 0.550. The summed E-state index contributed by atoms with van der Waals surface area (Å²) < 4.78 is 29.8. The van der Waals surface area contributed by atoms with Crippen LogP contribution in [0, 0.1) is 5.92 Å². The standard InChI is InChI=1S/C23H26ClN5O3S/c24-20-5-3-19-12-22(8-4-18(19)11-20)33(31,32)29-10-9-27(23(30)14-29)13-17-1-6-21(7-2-17)28-15-25-26-16-28/h3-5,8,11-12,15-17,21H,1-2,6-7,9-10,13-14H2/t17-,21-. The molecule has 33 heavy (non-hydrogen) atoms. The van der Waals surface area contributed by atoms with Gasteiger partial charge in [0.05, 0.1) is 11.4 Å². The van der Waals surface area contributed by atoms with Crippen LogP contribution in [-0.4, -0.2) is 64.5 Å². The van der Waals surface area contributed by atoms with Crippen LogP contribution >= 0.6 is 11.6 Å². The van der Waals surface area contributed by atoms with Crippen molar-refractivity contribution in [2.75, 3.05) is 26.2 Å². The number of hydrogen-bond donors (Lipinski definition) is 0. The van der Waals surface area contributed by atoms with Gasteiger partial charge in [-0.25, -0.2) is 8.42 Å². The molecule has 1 saturated heterocycles. The van der Waals surface area contributed by atoms with Gasteiger partial charge in [0.1, 0.15) is 12.7 Å². The van der Waals surface area contributed by atoms with Crippen molar-refractivity contribution in [3.63, 3.8) is 0 Å². The van der Waals surface area contributed by atoms with Crippen molar-refractivity contribution in [3.05, 3.63) is 54.1 Å². The summed E-state index contributed by atoms with van der Waals surface area (Å²) in [6.07, 6.45) is 7.68. The van der Waals surface area contributed by atoms with E-state index in [4.69, 9.17) is 11.6 Å². The Morgan fingerprint density at radius 3 is 2.36 bits per heavy atom. The number of fused-ring (bicyclic) bond motifs is 1. The first-order valence-corrected chi connectivity index (χ1v) is 13.0. The molecule has 5 rings (SSSR count). The first-order chi connectivity index (χ1) is 15.9. The number of carbonyl (C=O) groups is 1. The van der Waals surface area contributed by atoms with E-state index in [2.05, 4.69) is 14.8 Å². The summed E-state index contributed by atoms with van der Waals surface area (Å²) >= 11 is 6.03. The smallest absolute Gasteiger partial charge is 0.243 e. The summed E-state index contributed by atoms with van der Waals surface area (Å²) in [5, 5.41) is 10.1. The van der Waals surface area contributed by atoms with Gasteiger partial charge in [-0.15, -0.1) is 10.2 Å². The molecule has 0 spiro atoms. The largest absolute Gasteiger partial charge is 0.340 e. The molecule has 1 amide bonds. The molecule has 2 aromatic carbocycles. The minimum absolute atomic E-state index is 0.114. The van der Waals surface area contributed by atoms with E-state index in [1.165, 1.54) is 4.31 Å². The number of nitrogens with zero attached hydrogens (tertiary/aromatic N) is 5. The minimum atomic E-state index is -3.75. The highest BCUT2D eigenvalue weighted by molar-refractivity contribution is 7.89. The van der Waals surface area contributed by atoms with Gasteiger partial charge in [-0.3, -0.25) is 4.79 Å². The lowest BCUT2D eigenvalue weighted by Gasteiger charge is -2.37. The van der Waals surface area contributed by atoms with Crippen LogP contribution in [0.15, 0.2) is 53.9 Å². The van der Waals surface area contributed by atoms with Gasteiger partial charge in [-0.1, -0.05) is 23.7 Å². The Labute approximate surface area is 198 Å². The van der Waals surface area contributed by atoms with E-state index >= 15 is 0 Å². The van der Waals surface area contributed by atoms with E-state index < -0.39 is 10.0 Å². The molecule has 10 heteroatoms. The average Bonchev–Trinajstić information content (AvgIpc) is 3.35. The lowest BCUT2D eigenvalue weighted by atomic mass is 9.85. The van der Waals surface area contributed by atoms with Crippen LogP contribution in [0.5, 0.6) is 0 Å². The Kier molecular flexibility index (Phi) is 6.11. The topological polar surface area (TPSA) is 88.4 Å². The van der Waals surface area contributed by atoms with Gasteiger partial charge in [0.25, 0.3) is 0 Å². The summed E-state index contributed by atoms with van der Waals surface area (Å²) in [6.45, 7) is 1.31. The minimum Gasteiger partial charge on any atom is -0.340 e. The zero-order valence-corrected chi connectivity index (χ0v) is 19.7. The van der Waals surface area contributed by atoms with Gasteiger partial charge in [-0.2, -0.15) is 4.31 Å². The molecule has 174 valence electrons. The van der Waals surface area contributed by atoms with Crippen molar-refractivity contribution >= 4 is 38.3 Å². The molecule has 3 aromatic rings. The molecule has 1 aliphatic heterocycles. The van der Waals surface area contributed by atoms with E-state index in [0.29, 0.717) is 36.6 Å². The highest BCUT2D eigenvalue weighted by Gasteiger charge is 2.34. The van der Waals surface area contributed by atoms with Crippen molar-refractivity contribution in [2.45, 2.75) is 36.6 Å². The van der Waals surface area contributed by atoms with Gasteiger partial charge in [-0.05, 0) is 66.6 Å². The Morgan fingerprint density at radius 2 is 1.64 bits per heavy atom. The molecular weight excluding hydrogens is 462 g/mol. The van der Waals surface area contributed by atoms with Crippen LogP contribution < -0.4 is 0 Å². The number of benzene rings is 2. The second kappa shape index (κ2) is 9.04. The Morgan fingerprint density at radius 1 is 0.939 bits per heavy atom. The van der Waals surface area contributed by atoms with Gasteiger partial charge < -0.3 is 9.47 Å². The number of carbonyl (C=O) groups excluding carboxylic acids is 1. The molecule has 1 aliphatic carbocycles. The highest BCUT2D eigenvalue weighted by Crippen LogP contribution is 2.33. The number of sulfonamides is 1. The summed E-state index contributed by atoms with van der Waals surface area (Å²) in [7, 11) is -3.75. The third-order valence-corrected chi connectivity index (χ3v) is 8.92. The number of aromatic nitrogens is 3. The predicted molar refractivity (Wildman–Crippen MR) is 125 cm³/mol. The van der Waals surface area contributed by atoms with Crippen molar-refractivity contribution in [2.24, 2.45) is 5.92 Å². The van der Waals surface area contributed by atoms with Crippen molar-refractivity contribution in [3.8, 4) is 0 Å². The summed E-state index contributed by atoms with van der Waals surface area (Å²) in [6, 6.07) is 10.7. The maximum atomic E-state index is 13.2. The monoisotopic (exact) mass is 487 g/mol. The summed E-state index contributed by atoms with van der Waals surface area (Å²) in [5.74, 6) is 0.315. The fourth-order valence-corrected chi connectivity index (χ4v) is 6.52. The van der Waals surface area contributed by atoms with E-state index in [1.54, 1.807) is 49.1 Å². The first kappa shape index (κ1) is 22.3. The maximum Gasteiger partial charge on any atom is 0.243 e. The van der Waals surface area contributed by atoms with E-state index in [1.807, 2.05) is 4.90 Å². The van der Waals surface area contributed by atoms with Crippen LogP contribution in [0.4, 0.5) is 0 Å². The fourth-order valence-electron chi connectivity index (χ4n) is 4.92. The van der Waals surface area contributed by atoms with Gasteiger partial charge in [0.15, 0.2) is 0 Å². The third kappa shape index (κ3) is 4.62. The fraction of sp³-hybridized carbons (Fsp3) is 0.435. The zero-order valence-electron chi connectivity index (χ0n) is 18.2. The molecule has 1 aromatic heterocycles. The van der Waals surface area contributed by atoms with Crippen LogP contribution in [0.2, 0.25) is 5.02 Å². The Bertz CT molecular complexity index is 1260. The normalized spacial score (nSPS) is 22.7. The molecule has 0 radical (unpaired) electrons. The lowest BCUT2D eigenvalue weighted by Crippen LogP contribution is -2.53. The van der Waals surface area contributed by atoms with Crippen LogP contribution in [0.25, 0.3) is 10.8 Å². The molecular formula is C23H26ClN5O3S. The predicted octanol–water partition coefficient (Wildman–Crippen LogP) is 3.35. The molecule has 2 fully saturated rings. The summed E-state index contributed by atoms with van der Waals surface area (Å²) in [5.41, 5.74) is 0. The van der Waals surface area contributed by atoms with Gasteiger partial charge in [0, 0.05) is 30.7 Å². The van der Waals surface area contributed by atoms with Crippen LogP contribution in [-0.2, 0) is 14.8 Å². The molecule has 0 atom stereocenters. The molecule has 0 bridgehead atoms. The first-order valence-electron chi connectivity index (χ1n) is 11.2. The van der Waals surface area contributed by atoms with E-state index in [0.717, 1.165) is 36.5 Å².